The molecule has 0 saturated carbocycles. The molecule has 0 unspecified atom stereocenters. The van der Waals surface area contributed by atoms with Crippen molar-refractivity contribution in [2.24, 2.45) is 0 Å². The van der Waals surface area contributed by atoms with Gasteiger partial charge in [0.05, 0.1) is 12.7 Å². The van der Waals surface area contributed by atoms with Gasteiger partial charge in [-0.1, -0.05) is 23.7 Å². The number of hydrogen-bond acceptors (Lipinski definition) is 2. The largest absolute Gasteiger partial charge is 0.465 e. The zero-order chi connectivity index (χ0) is 13.1. The summed E-state index contributed by atoms with van der Waals surface area (Å²) in [4.78, 5) is 11.4. The van der Waals surface area contributed by atoms with Gasteiger partial charge in [-0.2, -0.15) is 0 Å². The van der Waals surface area contributed by atoms with Crippen LogP contribution in [0.15, 0.2) is 42.5 Å². The third-order valence-corrected chi connectivity index (χ3v) is 2.71. The fourth-order valence-electron chi connectivity index (χ4n) is 1.66. The Kier molecular flexibility index (Phi) is 3.63. The second-order valence-electron chi connectivity index (χ2n) is 3.73. The van der Waals surface area contributed by atoms with Crippen LogP contribution in [0.1, 0.15) is 10.4 Å². The number of esters is 1. The summed E-state index contributed by atoms with van der Waals surface area (Å²) in [5, 5.41) is 0.552. The molecule has 0 radical (unpaired) electrons. The van der Waals surface area contributed by atoms with E-state index in [0.29, 0.717) is 10.6 Å². The number of benzene rings is 2. The second kappa shape index (κ2) is 5.19. The molecule has 2 rings (SSSR count). The molecule has 0 fully saturated rings. The SMILES string of the molecule is COC(=O)c1cc(F)cc(-c2cccc(Cl)c2)c1. The Hall–Kier alpha value is -1.87. The van der Waals surface area contributed by atoms with Crippen LogP contribution in [-0.2, 0) is 4.74 Å². The maximum Gasteiger partial charge on any atom is 0.337 e. The Morgan fingerprint density at radius 3 is 2.61 bits per heavy atom. The first-order chi connectivity index (χ1) is 8.60. The molecular weight excluding hydrogens is 255 g/mol. The first-order valence-corrected chi connectivity index (χ1v) is 5.63. The molecule has 0 aliphatic carbocycles. The van der Waals surface area contributed by atoms with E-state index in [1.54, 1.807) is 30.3 Å². The lowest BCUT2D eigenvalue weighted by Gasteiger charge is -2.05. The summed E-state index contributed by atoms with van der Waals surface area (Å²) in [7, 11) is 1.26. The Bertz CT molecular complexity index is 596. The van der Waals surface area contributed by atoms with E-state index in [2.05, 4.69) is 4.74 Å². The lowest BCUT2D eigenvalue weighted by atomic mass is 10.0. The molecular formula is C14H10ClFO2. The van der Waals surface area contributed by atoms with Crippen molar-refractivity contribution in [3.63, 3.8) is 0 Å². The summed E-state index contributed by atoms with van der Waals surface area (Å²) in [5.74, 6) is -1.06. The van der Waals surface area contributed by atoms with Gasteiger partial charge in [0.1, 0.15) is 5.82 Å². The van der Waals surface area contributed by atoms with E-state index >= 15 is 0 Å². The van der Waals surface area contributed by atoms with Crippen molar-refractivity contribution < 1.29 is 13.9 Å². The number of carbonyl (C=O) groups excluding carboxylic acids is 1. The summed E-state index contributed by atoms with van der Waals surface area (Å²) < 4.78 is 18.0. The van der Waals surface area contributed by atoms with Gasteiger partial charge in [0, 0.05) is 5.02 Å². The molecule has 4 heteroatoms. The summed E-state index contributed by atoms with van der Waals surface area (Å²) in [6.07, 6.45) is 0. The molecule has 0 aliphatic heterocycles. The van der Waals surface area contributed by atoms with Crippen molar-refractivity contribution in [3.05, 3.63) is 58.9 Å². The fraction of sp³-hybridized carbons (Fsp3) is 0.0714. The molecule has 18 heavy (non-hydrogen) atoms. The van der Waals surface area contributed by atoms with Gasteiger partial charge < -0.3 is 4.74 Å². The molecule has 0 saturated heterocycles. The molecule has 0 N–H and O–H groups in total. The molecule has 0 heterocycles. The van der Waals surface area contributed by atoms with Gasteiger partial charge in [0.2, 0.25) is 0 Å². The van der Waals surface area contributed by atoms with Crippen LogP contribution in [0.25, 0.3) is 11.1 Å². The lowest BCUT2D eigenvalue weighted by Crippen LogP contribution is -2.02. The van der Waals surface area contributed by atoms with Crippen LogP contribution in [0.2, 0.25) is 5.02 Å². The minimum atomic E-state index is -0.572. The Morgan fingerprint density at radius 2 is 1.94 bits per heavy atom. The van der Waals surface area contributed by atoms with Crippen LogP contribution in [0.3, 0.4) is 0 Å². The number of methoxy groups -OCH3 is 1. The molecule has 0 atom stereocenters. The van der Waals surface area contributed by atoms with Gasteiger partial charge >= 0.3 is 5.97 Å². The number of rotatable bonds is 2. The summed E-state index contributed by atoms with van der Waals surface area (Å²) in [6.45, 7) is 0. The Balaban J connectivity index is 2.51. The van der Waals surface area contributed by atoms with Crippen LogP contribution in [-0.4, -0.2) is 13.1 Å². The third kappa shape index (κ3) is 2.68. The smallest absolute Gasteiger partial charge is 0.337 e. The number of halogens is 2. The zero-order valence-electron chi connectivity index (χ0n) is 9.61. The molecule has 2 nitrogen and oxygen atoms in total. The first kappa shape index (κ1) is 12.6. The topological polar surface area (TPSA) is 26.3 Å². The molecule has 2 aromatic carbocycles. The second-order valence-corrected chi connectivity index (χ2v) is 4.17. The highest BCUT2D eigenvalue weighted by Crippen LogP contribution is 2.25. The van der Waals surface area contributed by atoms with Gasteiger partial charge in [-0.15, -0.1) is 0 Å². The minimum Gasteiger partial charge on any atom is -0.465 e. The summed E-state index contributed by atoms with van der Waals surface area (Å²) in [5.41, 5.74) is 1.50. The van der Waals surface area contributed by atoms with E-state index in [4.69, 9.17) is 11.6 Å². The molecule has 0 aromatic heterocycles. The first-order valence-electron chi connectivity index (χ1n) is 5.25. The van der Waals surface area contributed by atoms with Crippen molar-refractivity contribution in [2.75, 3.05) is 7.11 Å². The summed E-state index contributed by atoms with van der Waals surface area (Å²) in [6, 6.07) is 11.0. The molecule has 0 spiro atoms. The van der Waals surface area contributed by atoms with Crippen molar-refractivity contribution in [2.45, 2.75) is 0 Å². The average Bonchev–Trinajstić information content (AvgIpc) is 2.37. The van der Waals surface area contributed by atoms with Crippen molar-refractivity contribution in [3.8, 4) is 11.1 Å². The van der Waals surface area contributed by atoms with E-state index in [9.17, 15) is 9.18 Å². The maximum absolute atomic E-state index is 13.5. The Labute approximate surface area is 109 Å². The monoisotopic (exact) mass is 264 g/mol. The zero-order valence-corrected chi connectivity index (χ0v) is 10.4. The van der Waals surface area contributed by atoms with Gasteiger partial charge in [-0.3, -0.25) is 0 Å². The third-order valence-electron chi connectivity index (χ3n) is 2.48. The highest BCUT2D eigenvalue weighted by Gasteiger charge is 2.10. The van der Waals surface area contributed by atoms with E-state index in [-0.39, 0.29) is 5.56 Å². The maximum atomic E-state index is 13.5. The summed E-state index contributed by atoms with van der Waals surface area (Å²) >= 11 is 5.88. The van der Waals surface area contributed by atoms with Crippen LogP contribution in [0.4, 0.5) is 4.39 Å². The highest BCUT2D eigenvalue weighted by atomic mass is 35.5. The standard InChI is InChI=1S/C14H10ClFO2/c1-18-14(17)11-5-10(7-13(16)8-11)9-3-2-4-12(15)6-9/h2-8H,1H3. The quantitative estimate of drug-likeness (QED) is 0.768. The lowest BCUT2D eigenvalue weighted by molar-refractivity contribution is 0.0600. The van der Waals surface area contributed by atoms with E-state index in [1.807, 2.05) is 0 Å². The van der Waals surface area contributed by atoms with Crippen LogP contribution >= 0.6 is 11.6 Å². The van der Waals surface area contributed by atoms with Crippen LogP contribution in [0.5, 0.6) is 0 Å². The minimum absolute atomic E-state index is 0.174. The number of hydrogen-bond donors (Lipinski definition) is 0. The average molecular weight is 265 g/mol. The van der Waals surface area contributed by atoms with Gasteiger partial charge in [0.25, 0.3) is 0 Å². The van der Waals surface area contributed by atoms with Gasteiger partial charge in [0.15, 0.2) is 0 Å². The highest BCUT2D eigenvalue weighted by molar-refractivity contribution is 6.30. The molecule has 0 amide bonds. The molecule has 92 valence electrons. The molecule has 2 aromatic rings. The van der Waals surface area contributed by atoms with E-state index in [1.165, 1.54) is 13.2 Å². The fourth-order valence-corrected chi connectivity index (χ4v) is 1.85. The molecule has 0 bridgehead atoms. The Morgan fingerprint density at radius 1 is 1.17 bits per heavy atom. The number of ether oxygens (including phenoxy) is 1. The van der Waals surface area contributed by atoms with Gasteiger partial charge in [-0.05, 0) is 41.5 Å². The van der Waals surface area contributed by atoms with E-state index < -0.39 is 11.8 Å². The van der Waals surface area contributed by atoms with Crippen LogP contribution in [0, 0.1) is 5.82 Å². The molecule has 0 aliphatic rings. The van der Waals surface area contributed by atoms with Crippen molar-refractivity contribution in [1.82, 2.24) is 0 Å². The van der Waals surface area contributed by atoms with Crippen LogP contribution < -0.4 is 0 Å². The van der Waals surface area contributed by atoms with Crippen molar-refractivity contribution >= 4 is 17.6 Å². The normalized spacial score (nSPS) is 10.2. The number of carbonyl (C=O) groups is 1. The predicted molar refractivity (Wildman–Crippen MR) is 68.2 cm³/mol. The predicted octanol–water partition coefficient (Wildman–Crippen LogP) is 3.93. The van der Waals surface area contributed by atoms with E-state index in [0.717, 1.165) is 11.6 Å². The van der Waals surface area contributed by atoms with Gasteiger partial charge in [-0.25, -0.2) is 9.18 Å². The van der Waals surface area contributed by atoms with Crippen molar-refractivity contribution in [1.29, 1.82) is 0 Å².